The largest absolute Gasteiger partial charge is 0.385 e. The van der Waals surface area contributed by atoms with Gasteiger partial charge in [-0.25, -0.2) is 0 Å². The molecule has 1 N–H and O–H groups in total. The lowest BCUT2D eigenvalue weighted by molar-refractivity contribution is 0.193. The number of nitrogens with zero attached hydrogens (tertiary/aromatic N) is 1. The van der Waals surface area contributed by atoms with E-state index in [9.17, 15) is 0 Å². The minimum atomic E-state index is 0.673. The molecule has 0 saturated carbocycles. The van der Waals surface area contributed by atoms with Gasteiger partial charge in [-0.3, -0.25) is 4.99 Å². The van der Waals surface area contributed by atoms with Crippen molar-refractivity contribution in [1.82, 2.24) is 5.32 Å². The Labute approximate surface area is 97.1 Å². The van der Waals surface area contributed by atoms with E-state index >= 15 is 0 Å². The Morgan fingerprint density at radius 2 is 2.33 bits per heavy atom. The summed E-state index contributed by atoms with van der Waals surface area (Å²) in [6.45, 7) is 7.36. The van der Waals surface area contributed by atoms with E-state index in [2.05, 4.69) is 24.2 Å². The molecule has 1 aliphatic rings. The predicted molar refractivity (Wildman–Crippen MR) is 67.6 cm³/mol. The van der Waals surface area contributed by atoms with Crippen LogP contribution in [-0.2, 0) is 4.74 Å². The number of unbranched alkanes of at least 4 members (excludes halogenated alkanes) is 1. The normalized spacial score (nSPS) is 20.8. The van der Waals surface area contributed by atoms with Gasteiger partial charge in [-0.05, 0) is 18.8 Å². The maximum atomic E-state index is 5.00. The van der Waals surface area contributed by atoms with Crippen molar-refractivity contribution in [2.75, 3.05) is 26.8 Å². The molecule has 0 radical (unpaired) electrons. The number of hydrogen-bond acceptors (Lipinski definition) is 4. The number of thioether (sulfide) groups is 1. The Kier molecular flexibility index (Phi) is 6.10. The van der Waals surface area contributed by atoms with Gasteiger partial charge in [0.2, 0.25) is 0 Å². The van der Waals surface area contributed by atoms with Crippen LogP contribution in [0.15, 0.2) is 4.99 Å². The zero-order valence-corrected chi connectivity index (χ0v) is 10.8. The molecule has 0 aromatic heterocycles. The molecule has 0 aromatic rings. The summed E-state index contributed by atoms with van der Waals surface area (Å²) in [5.74, 6) is 0.714. The highest BCUT2D eigenvalue weighted by molar-refractivity contribution is 8.14. The third-order valence-corrected chi connectivity index (χ3v) is 3.97. The van der Waals surface area contributed by atoms with E-state index in [0.717, 1.165) is 37.7 Å². The zero-order chi connectivity index (χ0) is 11.1. The van der Waals surface area contributed by atoms with Gasteiger partial charge in [-0.1, -0.05) is 25.6 Å². The van der Waals surface area contributed by atoms with Crippen molar-refractivity contribution in [3.05, 3.63) is 0 Å². The van der Waals surface area contributed by atoms with Crippen molar-refractivity contribution in [3.8, 4) is 0 Å². The molecule has 1 unspecified atom stereocenters. The lowest BCUT2D eigenvalue weighted by Crippen LogP contribution is -2.21. The first-order valence-electron chi connectivity index (χ1n) is 5.68. The topological polar surface area (TPSA) is 33.6 Å². The molecular weight excluding hydrogens is 208 g/mol. The number of hydrogen-bond donors (Lipinski definition) is 1. The number of rotatable bonds is 6. The third-order valence-electron chi connectivity index (χ3n) is 2.47. The molecule has 0 aromatic carbocycles. The second-order valence-electron chi connectivity index (χ2n) is 4.17. The summed E-state index contributed by atoms with van der Waals surface area (Å²) >= 11 is 1.89. The molecule has 0 aliphatic carbocycles. The summed E-state index contributed by atoms with van der Waals surface area (Å²) in [6.07, 6.45) is 2.27. The first-order chi connectivity index (χ1) is 7.24. The minimum Gasteiger partial charge on any atom is -0.385 e. The van der Waals surface area contributed by atoms with Crippen molar-refractivity contribution < 1.29 is 4.74 Å². The summed E-state index contributed by atoms with van der Waals surface area (Å²) in [5.41, 5.74) is 0. The van der Waals surface area contributed by atoms with Crippen LogP contribution in [0.4, 0.5) is 0 Å². The molecule has 0 fully saturated rings. The molecule has 1 aliphatic heterocycles. The summed E-state index contributed by atoms with van der Waals surface area (Å²) in [6, 6.07) is 0. The lowest BCUT2D eigenvalue weighted by atomic mass is 10.1. The molecule has 0 amide bonds. The van der Waals surface area contributed by atoms with Gasteiger partial charge in [-0.15, -0.1) is 0 Å². The lowest BCUT2D eigenvalue weighted by Gasteiger charge is -2.12. The van der Waals surface area contributed by atoms with Gasteiger partial charge in [0, 0.05) is 25.5 Å². The number of amidine groups is 1. The van der Waals surface area contributed by atoms with Gasteiger partial charge in [-0.2, -0.15) is 0 Å². The second-order valence-corrected chi connectivity index (χ2v) is 5.40. The molecule has 1 atom stereocenters. The van der Waals surface area contributed by atoms with Crippen molar-refractivity contribution in [2.45, 2.75) is 31.9 Å². The highest BCUT2D eigenvalue weighted by Crippen LogP contribution is 2.25. The van der Waals surface area contributed by atoms with Crippen LogP contribution >= 0.6 is 11.8 Å². The van der Waals surface area contributed by atoms with Crippen LogP contribution in [0, 0.1) is 5.92 Å². The van der Waals surface area contributed by atoms with Crippen molar-refractivity contribution >= 4 is 16.9 Å². The van der Waals surface area contributed by atoms with Crippen LogP contribution < -0.4 is 5.32 Å². The highest BCUT2D eigenvalue weighted by atomic mass is 32.2. The maximum Gasteiger partial charge on any atom is 0.156 e. The summed E-state index contributed by atoms with van der Waals surface area (Å²) < 4.78 is 5.00. The number of methoxy groups -OCH3 is 1. The van der Waals surface area contributed by atoms with Crippen LogP contribution in [0.25, 0.3) is 0 Å². The molecule has 15 heavy (non-hydrogen) atoms. The number of ether oxygens (including phenoxy) is 1. The fourth-order valence-electron chi connectivity index (χ4n) is 1.40. The molecule has 3 nitrogen and oxygen atoms in total. The van der Waals surface area contributed by atoms with E-state index in [-0.39, 0.29) is 0 Å². The fraction of sp³-hybridized carbons (Fsp3) is 0.909. The average molecular weight is 230 g/mol. The molecule has 4 heteroatoms. The predicted octanol–water partition coefficient (Wildman–Crippen LogP) is 2.13. The SMILES string of the molecule is COCCCCNC1=NCC(C(C)C)S1. The Morgan fingerprint density at radius 1 is 1.53 bits per heavy atom. The van der Waals surface area contributed by atoms with Crippen LogP contribution in [0.2, 0.25) is 0 Å². The van der Waals surface area contributed by atoms with Crippen LogP contribution in [0.1, 0.15) is 26.7 Å². The molecule has 0 saturated heterocycles. The number of nitrogens with one attached hydrogen (secondary N) is 1. The van der Waals surface area contributed by atoms with Crippen molar-refractivity contribution in [3.63, 3.8) is 0 Å². The second kappa shape index (κ2) is 7.12. The monoisotopic (exact) mass is 230 g/mol. The smallest absolute Gasteiger partial charge is 0.156 e. The minimum absolute atomic E-state index is 0.673. The van der Waals surface area contributed by atoms with E-state index in [1.54, 1.807) is 7.11 Å². The van der Waals surface area contributed by atoms with Crippen molar-refractivity contribution in [2.24, 2.45) is 10.9 Å². The Bertz CT molecular complexity index is 207. The first kappa shape index (κ1) is 12.8. The zero-order valence-electron chi connectivity index (χ0n) is 9.95. The molecule has 1 rings (SSSR count). The highest BCUT2D eigenvalue weighted by Gasteiger charge is 2.21. The van der Waals surface area contributed by atoms with E-state index < -0.39 is 0 Å². The molecule has 0 bridgehead atoms. The van der Waals surface area contributed by atoms with E-state index in [4.69, 9.17) is 4.74 Å². The third kappa shape index (κ3) is 4.89. The molecule has 0 spiro atoms. The molecule has 88 valence electrons. The summed E-state index contributed by atoms with van der Waals surface area (Å²) in [4.78, 5) is 4.49. The number of aliphatic imine (C=N–C) groups is 1. The van der Waals surface area contributed by atoms with Gasteiger partial charge < -0.3 is 10.1 Å². The van der Waals surface area contributed by atoms with E-state index in [0.29, 0.717) is 11.2 Å². The summed E-state index contributed by atoms with van der Waals surface area (Å²) in [5, 5.41) is 5.19. The van der Waals surface area contributed by atoms with Gasteiger partial charge in [0.05, 0.1) is 6.54 Å². The maximum absolute atomic E-state index is 5.00. The molecule has 1 heterocycles. The standard InChI is InChI=1S/C11H22N2OS/c1-9(2)10-8-13-11(15-10)12-6-4-5-7-14-3/h9-10H,4-8H2,1-3H3,(H,12,13). The van der Waals surface area contributed by atoms with Crippen molar-refractivity contribution in [1.29, 1.82) is 0 Å². The van der Waals surface area contributed by atoms with Crippen LogP contribution in [0.5, 0.6) is 0 Å². The van der Waals surface area contributed by atoms with Gasteiger partial charge in [0.1, 0.15) is 0 Å². The van der Waals surface area contributed by atoms with Crippen LogP contribution in [-0.4, -0.2) is 37.2 Å². The van der Waals surface area contributed by atoms with Gasteiger partial charge >= 0.3 is 0 Å². The first-order valence-corrected chi connectivity index (χ1v) is 6.56. The van der Waals surface area contributed by atoms with E-state index in [1.165, 1.54) is 0 Å². The Hall–Kier alpha value is -0.220. The molecular formula is C11H22N2OS. The van der Waals surface area contributed by atoms with Gasteiger partial charge in [0.15, 0.2) is 5.17 Å². The van der Waals surface area contributed by atoms with Crippen LogP contribution in [0.3, 0.4) is 0 Å². The quantitative estimate of drug-likeness (QED) is 0.710. The summed E-state index contributed by atoms with van der Waals surface area (Å²) in [7, 11) is 1.75. The Balaban J connectivity index is 2.03. The average Bonchev–Trinajstić information content (AvgIpc) is 2.66. The Morgan fingerprint density at radius 3 is 2.93 bits per heavy atom. The fourth-order valence-corrected chi connectivity index (χ4v) is 2.44. The van der Waals surface area contributed by atoms with Gasteiger partial charge in [0.25, 0.3) is 0 Å². The van der Waals surface area contributed by atoms with E-state index in [1.807, 2.05) is 11.8 Å².